The van der Waals surface area contributed by atoms with Crippen molar-refractivity contribution < 1.29 is 4.79 Å². The molecular weight excluding hydrogens is 290 g/mol. The molecule has 0 aliphatic heterocycles. The Morgan fingerprint density at radius 1 is 1.39 bits per heavy atom. The normalized spacial score (nSPS) is 21.3. The van der Waals surface area contributed by atoms with E-state index in [1.807, 2.05) is 19.1 Å². The molecule has 1 fully saturated rings. The van der Waals surface area contributed by atoms with Crippen LogP contribution in [0.1, 0.15) is 49.9 Å². The van der Waals surface area contributed by atoms with Gasteiger partial charge in [0, 0.05) is 24.2 Å². The van der Waals surface area contributed by atoms with E-state index < -0.39 is 0 Å². The first-order chi connectivity index (χ1) is 11.1. The third-order valence-electron chi connectivity index (χ3n) is 4.84. The number of pyridine rings is 2. The second-order valence-electron chi connectivity index (χ2n) is 6.37. The molecule has 0 aromatic carbocycles. The lowest BCUT2D eigenvalue weighted by Gasteiger charge is -2.29. The van der Waals surface area contributed by atoms with Gasteiger partial charge in [-0.2, -0.15) is 0 Å². The Morgan fingerprint density at radius 2 is 2.17 bits per heavy atom. The molecule has 2 aromatic heterocycles. The monoisotopic (exact) mass is 313 g/mol. The van der Waals surface area contributed by atoms with Crippen LogP contribution in [0.2, 0.25) is 0 Å². The third kappa shape index (κ3) is 3.00. The molecule has 3 rings (SSSR count). The Morgan fingerprint density at radius 3 is 2.91 bits per heavy atom. The van der Waals surface area contributed by atoms with Gasteiger partial charge >= 0.3 is 0 Å². The first kappa shape index (κ1) is 15.7. The van der Waals surface area contributed by atoms with Crippen molar-refractivity contribution in [2.45, 2.75) is 52.1 Å². The van der Waals surface area contributed by atoms with Gasteiger partial charge in [0.1, 0.15) is 11.2 Å². The maximum Gasteiger partial charge on any atom is 0.265 e. The molecule has 23 heavy (non-hydrogen) atoms. The van der Waals surface area contributed by atoms with Crippen molar-refractivity contribution in [1.82, 2.24) is 14.9 Å². The van der Waals surface area contributed by atoms with E-state index in [4.69, 9.17) is 0 Å². The number of aromatic nitrogens is 2. The van der Waals surface area contributed by atoms with Crippen LogP contribution < -0.4 is 10.9 Å². The van der Waals surface area contributed by atoms with Crippen molar-refractivity contribution in [2.24, 2.45) is 5.92 Å². The van der Waals surface area contributed by atoms with E-state index in [0.29, 0.717) is 18.1 Å². The van der Waals surface area contributed by atoms with Gasteiger partial charge in [-0.1, -0.05) is 19.8 Å². The van der Waals surface area contributed by atoms with Crippen LogP contribution in [0.5, 0.6) is 0 Å². The fourth-order valence-corrected chi connectivity index (χ4v) is 3.44. The third-order valence-corrected chi connectivity index (χ3v) is 4.84. The number of carbonyl (C=O) groups excluding carboxylic acids is 1. The Bertz CT molecular complexity index is 781. The highest BCUT2D eigenvalue weighted by molar-refractivity contribution is 5.97. The van der Waals surface area contributed by atoms with Gasteiger partial charge in [0.2, 0.25) is 0 Å². The van der Waals surface area contributed by atoms with Crippen molar-refractivity contribution in [3.05, 3.63) is 40.3 Å². The molecule has 2 unspecified atom stereocenters. The SMILES string of the molecule is CCn1c(=O)c(C(=O)NC2CCCCC2C)cc2cccnc21. The van der Waals surface area contributed by atoms with E-state index in [2.05, 4.69) is 17.2 Å². The molecule has 5 heteroatoms. The van der Waals surface area contributed by atoms with Crippen molar-refractivity contribution in [2.75, 3.05) is 0 Å². The standard InChI is InChI=1S/C18H23N3O2/c1-3-21-16-13(8-6-10-19-16)11-14(18(21)23)17(22)20-15-9-5-4-7-12(15)2/h6,8,10-12,15H,3-5,7,9H2,1-2H3,(H,20,22). The number of hydrogen-bond donors (Lipinski definition) is 1. The summed E-state index contributed by atoms with van der Waals surface area (Å²) in [6, 6.07) is 5.53. The van der Waals surface area contributed by atoms with Crippen molar-refractivity contribution in [3.8, 4) is 0 Å². The summed E-state index contributed by atoms with van der Waals surface area (Å²) >= 11 is 0. The summed E-state index contributed by atoms with van der Waals surface area (Å²) < 4.78 is 1.56. The first-order valence-electron chi connectivity index (χ1n) is 8.41. The molecule has 1 aliphatic rings. The molecule has 0 radical (unpaired) electrons. The van der Waals surface area contributed by atoms with Crippen LogP contribution in [0, 0.1) is 5.92 Å². The molecular formula is C18H23N3O2. The number of carbonyl (C=O) groups is 1. The highest BCUT2D eigenvalue weighted by Gasteiger charge is 2.25. The van der Waals surface area contributed by atoms with Gasteiger partial charge in [0.25, 0.3) is 11.5 Å². The maximum absolute atomic E-state index is 12.6. The van der Waals surface area contributed by atoms with E-state index in [-0.39, 0.29) is 23.1 Å². The van der Waals surface area contributed by atoms with Gasteiger partial charge in [-0.25, -0.2) is 4.98 Å². The minimum Gasteiger partial charge on any atom is -0.349 e. The van der Waals surface area contributed by atoms with Crippen LogP contribution in [-0.4, -0.2) is 21.5 Å². The van der Waals surface area contributed by atoms with Crippen molar-refractivity contribution >= 4 is 16.9 Å². The smallest absolute Gasteiger partial charge is 0.265 e. The summed E-state index contributed by atoms with van der Waals surface area (Å²) in [5.41, 5.74) is 0.576. The quantitative estimate of drug-likeness (QED) is 0.947. The highest BCUT2D eigenvalue weighted by atomic mass is 16.2. The van der Waals surface area contributed by atoms with Crippen LogP contribution in [-0.2, 0) is 6.54 Å². The average Bonchev–Trinajstić information content (AvgIpc) is 2.56. The first-order valence-corrected chi connectivity index (χ1v) is 8.41. The van der Waals surface area contributed by atoms with E-state index in [1.54, 1.807) is 16.8 Å². The summed E-state index contributed by atoms with van der Waals surface area (Å²) in [5.74, 6) is 0.199. The number of nitrogens with zero attached hydrogens (tertiary/aromatic N) is 2. The molecule has 1 amide bonds. The molecule has 1 saturated carbocycles. The second kappa shape index (κ2) is 6.52. The Labute approximate surface area is 135 Å². The molecule has 0 bridgehead atoms. The molecule has 122 valence electrons. The van der Waals surface area contributed by atoms with Gasteiger partial charge in [-0.15, -0.1) is 0 Å². The molecule has 0 spiro atoms. The molecule has 2 heterocycles. The predicted octanol–water partition coefficient (Wildman–Crippen LogP) is 2.72. The highest BCUT2D eigenvalue weighted by Crippen LogP contribution is 2.24. The number of nitrogens with one attached hydrogen (secondary N) is 1. The van der Waals surface area contributed by atoms with Crippen molar-refractivity contribution in [1.29, 1.82) is 0 Å². The number of fused-ring (bicyclic) bond motifs is 1. The molecule has 1 aliphatic carbocycles. The van der Waals surface area contributed by atoms with Crippen LogP contribution in [0.15, 0.2) is 29.2 Å². The van der Waals surface area contributed by atoms with E-state index in [1.165, 1.54) is 6.42 Å². The Balaban J connectivity index is 1.97. The lowest BCUT2D eigenvalue weighted by molar-refractivity contribution is 0.0908. The lowest BCUT2D eigenvalue weighted by atomic mass is 9.86. The predicted molar refractivity (Wildman–Crippen MR) is 90.6 cm³/mol. The summed E-state index contributed by atoms with van der Waals surface area (Å²) in [6.45, 7) is 4.55. The zero-order valence-electron chi connectivity index (χ0n) is 13.7. The molecule has 1 N–H and O–H groups in total. The van der Waals surface area contributed by atoms with Crippen LogP contribution in [0.4, 0.5) is 0 Å². The molecule has 2 atom stereocenters. The summed E-state index contributed by atoms with van der Waals surface area (Å²) in [6.07, 6.45) is 6.14. The number of hydrogen-bond acceptors (Lipinski definition) is 3. The maximum atomic E-state index is 12.6. The zero-order valence-corrected chi connectivity index (χ0v) is 13.7. The van der Waals surface area contributed by atoms with Gasteiger partial charge < -0.3 is 5.32 Å². The number of aryl methyl sites for hydroxylation is 1. The van der Waals surface area contributed by atoms with Crippen LogP contribution in [0.3, 0.4) is 0 Å². The summed E-state index contributed by atoms with van der Waals surface area (Å²) in [4.78, 5) is 29.6. The van der Waals surface area contributed by atoms with E-state index in [9.17, 15) is 9.59 Å². The van der Waals surface area contributed by atoms with Gasteiger partial charge in [0.05, 0.1) is 0 Å². The minimum atomic E-state index is -0.264. The Kier molecular flexibility index (Phi) is 4.46. The van der Waals surface area contributed by atoms with E-state index >= 15 is 0 Å². The summed E-state index contributed by atoms with van der Waals surface area (Å²) in [5, 5.41) is 3.88. The summed E-state index contributed by atoms with van der Waals surface area (Å²) in [7, 11) is 0. The lowest BCUT2D eigenvalue weighted by Crippen LogP contribution is -2.43. The van der Waals surface area contributed by atoms with E-state index in [0.717, 1.165) is 24.6 Å². The van der Waals surface area contributed by atoms with Crippen LogP contribution >= 0.6 is 0 Å². The topological polar surface area (TPSA) is 64.0 Å². The molecule has 2 aromatic rings. The van der Waals surface area contributed by atoms with Crippen molar-refractivity contribution in [3.63, 3.8) is 0 Å². The van der Waals surface area contributed by atoms with Crippen LogP contribution in [0.25, 0.3) is 11.0 Å². The number of amides is 1. The van der Waals surface area contributed by atoms with Gasteiger partial charge in [-0.05, 0) is 43.9 Å². The second-order valence-corrected chi connectivity index (χ2v) is 6.37. The average molecular weight is 313 g/mol. The fourth-order valence-electron chi connectivity index (χ4n) is 3.44. The van der Waals surface area contributed by atoms with Gasteiger partial charge in [0.15, 0.2) is 0 Å². The fraction of sp³-hybridized carbons (Fsp3) is 0.500. The molecule has 5 nitrogen and oxygen atoms in total. The Hall–Kier alpha value is -2.17. The minimum absolute atomic E-state index is 0.162. The van der Waals surface area contributed by atoms with Gasteiger partial charge in [-0.3, -0.25) is 14.2 Å². The number of rotatable bonds is 3. The largest absolute Gasteiger partial charge is 0.349 e. The molecule has 0 saturated heterocycles. The zero-order chi connectivity index (χ0) is 16.4.